The number of hydrogen-bond donors (Lipinski definition) is 0. The van der Waals surface area contributed by atoms with Crippen molar-refractivity contribution in [2.24, 2.45) is 0 Å². The van der Waals surface area contributed by atoms with Crippen molar-refractivity contribution in [2.45, 2.75) is 0 Å². The van der Waals surface area contributed by atoms with Crippen LogP contribution in [-0.4, -0.2) is 16.7 Å². The number of nitro groups is 1. The third-order valence-electron chi connectivity index (χ3n) is 3.96. The van der Waals surface area contributed by atoms with Gasteiger partial charge in [-0.3, -0.25) is 14.9 Å². The van der Waals surface area contributed by atoms with E-state index in [1.54, 1.807) is 54.6 Å². The summed E-state index contributed by atoms with van der Waals surface area (Å²) in [6, 6.07) is 18.9. The van der Waals surface area contributed by atoms with Gasteiger partial charge in [0.1, 0.15) is 5.75 Å². The zero-order valence-electron chi connectivity index (χ0n) is 14.9. The van der Waals surface area contributed by atoms with E-state index in [2.05, 4.69) is 15.9 Å². The Hall–Kier alpha value is -3.58. The number of esters is 1. The molecule has 3 rings (SSSR count). The smallest absolute Gasteiger partial charge is 0.343 e. The zero-order chi connectivity index (χ0) is 20.8. The van der Waals surface area contributed by atoms with E-state index in [1.165, 1.54) is 30.3 Å². The Kier molecular flexibility index (Phi) is 6.31. The average Bonchev–Trinajstić information content (AvgIpc) is 2.73. The predicted octanol–water partition coefficient (Wildman–Crippen LogP) is 5.47. The molecule has 6 nitrogen and oxygen atoms in total. The van der Waals surface area contributed by atoms with Gasteiger partial charge in [0.2, 0.25) is 0 Å². The van der Waals surface area contributed by atoms with Crippen molar-refractivity contribution in [3.05, 3.63) is 110 Å². The van der Waals surface area contributed by atoms with Crippen LogP contribution in [0.1, 0.15) is 26.3 Å². The number of carbonyl (C=O) groups is 2. The van der Waals surface area contributed by atoms with Crippen molar-refractivity contribution in [1.82, 2.24) is 0 Å². The highest BCUT2D eigenvalue weighted by Gasteiger charge is 2.11. The van der Waals surface area contributed by atoms with Gasteiger partial charge in [0.25, 0.3) is 5.69 Å². The molecule has 0 heterocycles. The van der Waals surface area contributed by atoms with E-state index in [1.807, 2.05) is 0 Å². The summed E-state index contributed by atoms with van der Waals surface area (Å²) in [6.07, 6.45) is 3.15. The minimum absolute atomic E-state index is 0.102. The van der Waals surface area contributed by atoms with Gasteiger partial charge in [-0.25, -0.2) is 4.79 Å². The van der Waals surface area contributed by atoms with E-state index >= 15 is 0 Å². The van der Waals surface area contributed by atoms with Crippen LogP contribution in [0.3, 0.4) is 0 Å². The molecule has 144 valence electrons. The van der Waals surface area contributed by atoms with Gasteiger partial charge in [-0.15, -0.1) is 0 Å². The second-order valence-corrected chi connectivity index (χ2v) is 6.88. The maximum absolute atomic E-state index is 12.2. The standard InChI is InChI=1S/C22H14BrNO5/c23-18-8-4-16(5-9-18)21(25)14-3-15-1-12-20(13-2-15)29-22(26)17-6-10-19(11-7-17)24(27)28/h1-14H. The molecule has 3 aromatic carbocycles. The van der Waals surface area contributed by atoms with E-state index in [0.29, 0.717) is 11.3 Å². The van der Waals surface area contributed by atoms with Crippen LogP contribution in [0.25, 0.3) is 6.08 Å². The molecule has 0 amide bonds. The van der Waals surface area contributed by atoms with Crippen molar-refractivity contribution >= 4 is 39.4 Å². The van der Waals surface area contributed by atoms with Crippen LogP contribution < -0.4 is 4.74 Å². The molecule has 0 fully saturated rings. The molecule has 0 saturated heterocycles. The number of rotatable bonds is 6. The van der Waals surface area contributed by atoms with Gasteiger partial charge in [-0.2, -0.15) is 0 Å². The lowest BCUT2D eigenvalue weighted by Crippen LogP contribution is -2.08. The molecule has 0 aromatic heterocycles. The highest BCUT2D eigenvalue weighted by molar-refractivity contribution is 9.10. The van der Waals surface area contributed by atoms with Gasteiger partial charge in [0, 0.05) is 22.2 Å². The first-order chi connectivity index (χ1) is 13.9. The van der Waals surface area contributed by atoms with Crippen LogP contribution in [0, 0.1) is 10.1 Å². The lowest BCUT2D eigenvalue weighted by molar-refractivity contribution is -0.384. The van der Waals surface area contributed by atoms with E-state index in [4.69, 9.17) is 4.74 Å². The number of non-ortho nitro benzene ring substituents is 1. The molecule has 7 heteroatoms. The summed E-state index contributed by atoms with van der Waals surface area (Å²) in [5.74, 6) is -0.412. The van der Waals surface area contributed by atoms with Crippen molar-refractivity contribution < 1.29 is 19.2 Å². The largest absolute Gasteiger partial charge is 0.423 e. The SMILES string of the molecule is O=C(C=Cc1ccc(OC(=O)c2ccc([N+](=O)[O-])cc2)cc1)c1ccc(Br)cc1. The number of benzene rings is 3. The quantitative estimate of drug-likeness (QED) is 0.124. The molecule has 0 unspecified atom stereocenters. The summed E-state index contributed by atoms with van der Waals surface area (Å²) in [6.45, 7) is 0. The fourth-order valence-electron chi connectivity index (χ4n) is 2.41. The van der Waals surface area contributed by atoms with Gasteiger partial charge >= 0.3 is 5.97 Å². The Morgan fingerprint density at radius 3 is 2.03 bits per heavy atom. The monoisotopic (exact) mass is 451 g/mol. The first kappa shape index (κ1) is 20.2. The van der Waals surface area contributed by atoms with Crippen LogP contribution in [0.5, 0.6) is 5.75 Å². The Morgan fingerprint density at radius 2 is 1.45 bits per heavy atom. The Bertz CT molecular complexity index is 1070. The summed E-state index contributed by atoms with van der Waals surface area (Å²) < 4.78 is 6.16. The number of nitrogens with zero attached hydrogens (tertiary/aromatic N) is 1. The first-order valence-electron chi connectivity index (χ1n) is 8.47. The van der Waals surface area contributed by atoms with Crippen LogP contribution >= 0.6 is 15.9 Å². The summed E-state index contributed by atoms with van der Waals surface area (Å²) in [5, 5.41) is 10.7. The summed E-state index contributed by atoms with van der Waals surface area (Å²) in [5.41, 5.74) is 1.46. The molecular weight excluding hydrogens is 438 g/mol. The minimum Gasteiger partial charge on any atom is -0.423 e. The molecule has 29 heavy (non-hydrogen) atoms. The summed E-state index contributed by atoms with van der Waals surface area (Å²) in [7, 11) is 0. The lowest BCUT2D eigenvalue weighted by atomic mass is 10.1. The summed E-state index contributed by atoms with van der Waals surface area (Å²) >= 11 is 3.33. The van der Waals surface area contributed by atoms with Crippen molar-refractivity contribution in [3.63, 3.8) is 0 Å². The lowest BCUT2D eigenvalue weighted by Gasteiger charge is -2.04. The van der Waals surface area contributed by atoms with E-state index < -0.39 is 10.9 Å². The molecule has 0 aliphatic rings. The Balaban J connectivity index is 1.62. The second-order valence-electron chi connectivity index (χ2n) is 5.97. The second kappa shape index (κ2) is 9.07. The third-order valence-corrected chi connectivity index (χ3v) is 4.49. The summed E-state index contributed by atoms with van der Waals surface area (Å²) in [4.78, 5) is 34.4. The fourth-order valence-corrected chi connectivity index (χ4v) is 2.68. The van der Waals surface area contributed by atoms with Gasteiger partial charge < -0.3 is 4.74 Å². The Morgan fingerprint density at radius 1 is 0.862 bits per heavy atom. The van der Waals surface area contributed by atoms with Crippen LogP contribution in [-0.2, 0) is 0 Å². The molecule has 0 aliphatic heterocycles. The number of allylic oxidation sites excluding steroid dienone is 1. The van der Waals surface area contributed by atoms with E-state index in [9.17, 15) is 19.7 Å². The molecule has 0 atom stereocenters. The van der Waals surface area contributed by atoms with Gasteiger partial charge in [-0.05, 0) is 60.2 Å². The third kappa shape index (κ3) is 5.46. The molecule has 0 N–H and O–H groups in total. The number of halogens is 1. The van der Waals surface area contributed by atoms with Crippen LogP contribution in [0.2, 0.25) is 0 Å². The maximum Gasteiger partial charge on any atom is 0.343 e. The Labute approximate surface area is 174 Å². The zero-order valence-corrected chi connectivity index (χ0v) is 16.5. The van der Waals surface area contributed by atoms with Gasteiger partial charge in [0.15, 0.2) is 5.78 Å². The number of nitro benzene ring substituents is 1. The fraction of sp³-hybridized carbons (Fsp3) is 0. The van der Waals surface area contributed by atoms with Crippen molar-refractivity contribution in [3.8, 4) is 5.75 Å². The maximum atomic E-state index is 12.2. The molecule has 0 saturated carbocycles. The molecule has 0 spiro atoms. The minimum atomic E-state index is -0.617. The highest BCUT2D eigenvalue weighted by atomic mass is 79.9. The van der Waals surface area contributed by atoms with Gasteiger partial charge in [-0.1, -0.05) is 34.1 Å². The average molecular weight is 452 g/mol. The topological polar surface area (TPSA) is 86.5 Å². The van der Waals surface area contributed by atoms with Crippen LogP contribution in [0.4, 0.5) is 5.69 Å². The van der Waals surface area contributed by atoms with E-state index in [0.717, 1.165) is 10.0 Å². The van der Waals surface area contributed by atoms with Crippen molar-refractivity contribution in [2.75, 3.05) is 0 Å². The highest BCUT2D eigenvalue weighted by Crippen LogP contribution is 2.18. The normalized spacial score (nSPS) is 10.7. The molecule has 3 aromatic rings. The number of carbonyl (C=O) groups excluding carboxylic acids is 2. The number of ketones is 1. The molecule has 0 bridgehead atoms. The van der Waals surface area contributed by atoms with Crippen molar-refractivity contribution in [1.29, 1.82) is 0 Å². The number of hydrogen-bond acceptors (Lipinski definition) is 5. The van der Waals surface area contributed by atoms with Gasteiger partial charge in [0.05, 0.1) is 10.5 Å². The predicted molar refractivity (Wildman–Crippen MR) is 112 cm³/mol. The van der Waals surface area contributed by atoms with E-state index in [-0.39, 0.29) is 17.0 Å². The first-order valence-corrected chi connectivity index (χ1v) is 9.26. The van der Waals surface area contributed by atoms with Crippen LogP contribution in [0.15, 0.2) is 83.3 Å². The molecule has 0 aliphatic carbocycles. The molecular formula is C22H14BrNO5. The number of ether oxygens (including phenoxy) is 1. The molecule has 0 radical (unpaired) electrons.